The molecule has 0 saturated carbocycles. The Kier molecular flexibility index (Phi) is 5.63. The highest BCUT2D eigenvalue weighted by Gasteiger charge is 2.17. The molecule has 1 aromatic rings. The molecule has 18 heavy (non-hydrogen) atoms. The Morgan fingerprint density at radius 1 is 1.61 bits per heavy atom. The van der Waals surface area contributed by atoms with Gasteiger partial charge in [0.25, 0.3) is 5.88 Å². The van der Waals surface area contributed by atoms with E-state index in [1.165, 1.54) is 6.07 Å². The molecule has 0 spiro atoms. The third-order valence-electron chi connectivity index (χ3n) is 2.15. The van der Waals surface area contributed by atoms with Crippen molar-refractivity contribution in [2.45, 2.75) is 19.8 Å². The third kappa shape index (κ3) is 4.04. The van der Waals surface area contributed by atoms with Gasteiger partial charge in [-0.05, 0) is 18.9 Å². The number of ether oxygens (including phenoxy) is 1. The zero-order valence-electron chi connectivity index (χ0n) is 10.4. The molecule has 0 fully saturated rings. The smallest absolute Gasteiger partial charge is 0.331 e. The molecule has 0 bridgehead atoms. The molecule has 0 aliphatic carbocycles. The maximum Gasteiger partial charge on any atom is 0.331 e. The van der Waals surface area contributed by atoms with Crippen LogP contribution in [-0.4, -0.2) is 23.1 Å². The van der Waals surface area contributed by atoms with E-state index in [0.717, 1.165) is 13.0 Å². The van der Waals surface area contributed by atoms with Gasteiger partial charge in [-0.3, -0.25) is 10.1 Å². The summed E-state index contributed by atoms with van der Waals surface area (Å²) in [5.74, 6) is 0.624. The number of anilines is 1. The van der Waals surface area contributed by atoms with Crippen LogP contribution in [0.2, 0.25) is 0 Å². The Morgan fingerprint density at radius 3 is 3.00 bits per heavy atom. The topological polar surface area (TPSA) is 77.3 Å². The summed E-state index contributed by atoms with van der Waals surface area (Å²) in [4.78, 5) is 14.4. The second-order valence-corrected chi connectivity index (χ2v) is 3.63. The molecule has 1 aromatic heterocycles. The van der Waals surface area contributed by atoms with Crippen LogP contribution in [0.15, 0.2) is 24.8 Å². The quantitative estimate of drug-likeness (QED) is 0.332. The summed E-state index contributed by atoms with van der Waals surface area (Å²) >= 11 is 0. The molecule has 1 N–H and O–H groups in total. The van der Waals surface area contributed by atoms with E-state index in [4.69, 9.17) is 4.74 Å². The number of nitrogens with one attached hydrogen (secondary N) is 1. The van der Waals surface area contributed by atoms with Gasteiger partial charge in [0.1, 0.15) is 5.82 Å². The first-order valence-electron chi connectivity index (χ1n) is 5.82. The molecule has 0 radical (unpaired) electrons. The first-order chi connectivity index (χ1) is 8.69. The van der Waals surface area contributed by atoms with Crippen molar-refractivity contribution in [2.75, 3.05) is 18.5 Å². The minimum atomic E-state index is -0.500. The van der Waals surface area contributed by atoms with Crippen molar-refractivity contribution in [2.24, 2.45) is 0 Å². The Hall–Kier alpha value is -2.11. The van der Waals surface area contributed by atoms with Crippen LogP contribution in [0, 0.1) is 10.1 Å². The summed E-state index contributed by atoms with van der Waals surface area (Å²) in [5.41, 5.74) is -0.124. The van der Waals surface area contributed by atoms with E-state index in [0.29, 0.717) is 18.8 Å². The van der Waals surface area contributed by atoms with Crippen LogP contribution in [0.1, 0.15) is 19.8 Å². The molecule has 0 amide bonds. The Morgan fingerprint density at radius 2 is 2.39 bits per heavy atom. The SMILES string of the molecule is C=CCCOc1nc(NCCC)ccc1[N+](=O)[O-]. The summed E-state index contributed by atoms with van der Waals surface area (Å²) in [7, 11) is 0. The molecule has 0 aromatic carbocycles. The summed E-state index contributed by atoms with van der Waals surface area (Å²) in [5, 5.41) is 13.9. The van der Waals surface area contributed by atoms with Crippen molar-refractivity contribution in [1.29, 1.82) is 0 Å². The molecule has 0 unspecified atom stereocenters. The number of rotatable bonds is 8. The summed E-state index contributed by atoms with van der Waals surface area (Å²) in [6, 6.07) is 2.97. The average Bonchev–Trinajstić information content (AvgIpc) is 2.36. The van der Waals surface area contributed by atoms with E-state index in [2.05, 4.69) is 16.9 Å². The highest BCUT2D eigenvalue weighted by molar-refractivity contribution is 5.49. The number of nitrogens with zero attached hydrogens (tertiary/aromatic N) is 2. The molecule has 0 aliphatic rings. The molecule has 0 saturated heterocycles. The standard InChI is InChI=1S/C12H17N3O3/c1-3-5-9-18-12-10(15(16)17)6-7-11(14-12)13-8-4-2/h3,6-7H,1,4-5,8-9H2,2H3,(H,13,14). The molecular formula is C12H17N3O3. The van der Waals surface area contributed by atoms with Gasteiger partial charge in [0.05, 0.1) is 11.5 Å². The fourth-order valence-corrected chi connectivity index (χ4v) is 1.27. The van der Waals surface area contributed by atoms with Crippen LogP contribution in [0.3, 0.4) is 0 Å². The average molecular weight is 251 g/mol. The lowest BCUT2D eigenvalue weighted by molar-refractivity contribution is -0.386. The second-order valence-electron chi connectivity index (χ2n) is 3.63. The van der Waals surface area contributed by atoms with Gasteiger partial charge in [-0.1, -0.05) is 13.0 Å². The molecule has 0 aliphatic heterocycles. The van der Waals surface area contributed by atoms with E-state index in [9.17, 15) is 10.1 Å². The van der Waals surface area contributed by atoms with Crippen LogP contribution in [0.4, 0.5) is 11.5 Å². The predicted octanol–water partition coefficient (Wildman–Crippen LogP) is 2.77. The molecule has 1 heterocycles. The normalized spacial score (nSPS) is 9.83. The molecule has 98 valence electrons. The number of pyridine rings is 1. The van der Waals surface area contributed by atoms with Gasteiger partial charge in [0.15, 0.2) is 0 Å². The third-order valence-corrected chi connectivity index (χ3v) is 2.15. The van der Waals surface area contributed by atoms with E-state index < -0.39 is 4.92 Å². The number of hydrogen-bond acceptors (Lipinski definition) is 5. The van der Waals surface area contributed by atoms with Crippen molar-refractivity contribution in [3.8, 4) is 5.88 Å². The monoisotopic (exact) mass is 251 g/mol. The Bertz CT molecular complexity index is 421. The number of aromatic nitrogens is 1. The van der Waals surface area contributed by atoms with Gasteiger partial charge in [-0.25, -0.2) is 0 Å². The lowest BCUT2D eigenvalue weighted by Gasteiger charge is -2.08. The summed E-state index contributed by atoms with van der Waals surface area (Å²) in [6.45, 7) is 6.68. The van der Waals surface area contributed by atoms with Crippen molar-refractivity contribution in [3.05, 3.63) is 34.9 Å². The van der Waals surface area contributed by atoms with Crippen molar-refractivity contribution in [3.63, 3.8) is 0 Å². The fraction of sp³-hybridized carbons (Fsp3) is 0.417. The van der Waals surface area contributed by atoms with Crippen molar-refractivity contribution >= 4 is 11.5 Å². The largest absolute Gasteiger partial charge is 0.472 e. The maximum absolute atomic E-state index is 10.8. The number of nitro groups is 1. The van der Waals surface area contributed by atoms with Gasteiger partial charge in [-0.2, -0.15) is 4.98 Å². The summed E-state index contributed by atoms with van der Waals surface area (Å²) < 4.78 is 5.30. The van der Waals surface area contributed by atoms with E-state index >= 15 is 0 Å². The summed E-state index contributed by atoms with van der Waals surface area (Å²) in [6.07, 6.45) is 3.25. The van der Waals surface area contributed by atoms with E-state index in [-0.39, 0.29) is 11.6 Å². The van der Waals surface area contributed by atoms with Crippen LogP contribution < -0.4 is 10.1 Å². The van der Waals surface area contributed by atoms with Crippen molar-refractivity contribution < 1.29 is 9.66 Å². The molecule has 1 rings (SSSR count). The maximum atomic E-state index is 10.8. The highest BCUT2D eigenvalue weighted by atomic mass is 16.6. The molecular weight excluding hydrogens is 234 g/mol. The zero-order chi connectivity index (χ0) is 13.4. The van der Waals surface area contributed by atoms with Gasteiger partial charge in [0, 0.05) is 12.6 Å². The Labute approximate surface area is 106 Å². The second kappa shape index (κ2) is 7.26. The van der Waals surface area contributed by atoms with Gasteiger partial charge in [0.2, 0.25) is 0 Å². The predicted molar refractivity (Wildman–Crippen MR) is 70.0 cm³/mol. The Balaban J connectivity index is 2.85. The fourth-order valence-electron chi connectivity index (χ4n) is 1.27. The lowest BCUT2D eigenvalue weighted by atomic mass is 10.3. The van der Waals surface area contributed by atoms with Crippen LogP contribution in [0.5, 0.6) is 5.88 Å². The van der Waals surface area contributed by atoms with Crippen LogP contribution in [-0.2, 0) is 0 Å². The number of hydrogen-bond donors (Lipinski definition) is 1. The molecule has 6 heteroatoms. The first-order valence-corrected chi connectivity index (χ1v) is 5.82. The van der Waals surface area contributed by atoms with Crippen LogP contribution in [0.25, 0.3) is 0 Å². The van der Waals surface area contributed by atoms with Gasteiger partial charge >= 0.3 is 5.69 Å². The minimum Gasteiger partial charge on any atom is -0.472 e. The molecule has 0 atom stereocenters. The first kappa shape index (κ1) is 14.0. The molecule has 6 nitrogen and oxygen atoms in total. The highest BCUT2D eigenvalue weighted by Crippen LogP contribution is 2.26. The van der Waals surface area contributed by atoms with Crippen molar-refractivity contribution in [1.82, 2.24) is 4.98 Å². The van der Waals surface area contributed by atoms with Gasteiger partial charge in [-0.15, -0.1) is 6.58 Å². The van der Waals surface area contributed by atoms with Gasteiger partial charge < -0.3 is 10.1 Å². The minimum absolute atomic E-state index is 0.0444. The van der Waals surface area contributed by atoms with E-state index in [1.54, 1.807) is 12.1 Å². The zero-order valence-corrected chi connectivity index (χ0v) is 10.4. The van der Waals surface area contributed by atoms with Crippen LogP contribution >= 0.6 is 0 Å². The van der Waals surface area contributed by atoms with E-state index in [1.807, 2.05) is 6.92 Å². The lowest BCUT2D eigenvalue weighted by Crippen LogP contribution is -2.06.